The molecule has 1 N–H and O–H groups in total. The van der Waals surface area contributed by atoms with Gasteiger partial charge in [0.15, 0.2) is 0 Å². The quantitative estimate of drug-likeness (QED) is 0.727. The lowest BCUT2D eigenvalue weighted by atomic mass is 10.3. The van der Waals surface area contributed by atoms with Gasteiger partial charge in [0.05, 0.1) is 5.75 Å². The summed E-state index contributed by atoms with van der Waals surface area (Å²) in [6.45, 7) is 2.18. The third kappa shape index (κ3) is 4.42. The number of aromatic carboxylic acids is 1. The van der Waals surface area contributed by atoms with E-state index in [2.05, 4.69) is 6.92 Å². The summed E-state index contributed by atoms with van der Waals surface area (Å²) in [5.74, 6) is 1.64. The first kappa shape index (κ1) is 12.2. The molecular formula is C11H16O3S. The molecular weight excluding hydrogens is 212 g/mol. The molecule has 0 saturated carbocycles. The zero-order chi connectivity index (χ0) is 11.1. The highest BCUT2D eigenvalue weighted by Crippen LogP contribution is 2.16. The van der Waals surface area contributed by atoms with Gasteiger partial charge in [0.2, 0.25) is 5.76 Å². The number of carboxylic acids is 1. The highest BCUT2D eigenvalue weighted by atomic mass is 32.2. The Morgan fingerprint density at radius 3 is 2.87 bits per heavy atom. The monoisotopic (exact) mass is 228 g/mol. The molecule has 0 saturated heterocycles. The molecule has 1 aromatic rings. The average Bonchev–Trinajstić information content (AvgIpc) is 2.66. The molecule has 84 valence electrons. The van der Waals surface area contributed by atoms with E-state index in [4.69, 9.17) is 9.52 Å². The van der Waals surface area contributed by atoms with E-state index in [1.807, 2.05) is 0 Å². The van der Waals surface area contributed by atoms with Gasteiger partial charge in [0, 0.05) is 0 Å². The fourth-order valence-electron chi connectivity index (χ4n) is 1.20. The number of hydrogen-bond donors (Lipinski definition) is 1. The zero-order valence-corrected chi connectivity index (χ0v) is 9.68. The SMILES string of the molecule is CCCCCSCc1ccc(C(=O)O)o1. The van der Waals surface area contributed by atoms with Crippen LogP contribution in [-0.2, 0) is 5.75 Å². The molecule has 0 spiro atoms. The average molecular weight is 228 g/mol. The smallest absolute Gasteiger partial charge is 0.371 e. The summed E-state index contributed by atoms with van der Waals surface area (Å²) in [5.41, 5.74) is 0. The first-order valence-corrected chi connectivity index (χ1v) is 6.29. The van der Waals surface area contributed by atoms with Crippen LogP contribution in [0.1, 0.15) is 42.5 Å². The summed E-state index contributed by atoms with van der Waals surface area (Å²) in [5, 5.41) is 8.64. The Kier molecular flexibility index (Phi) is 5.32. The lowest BCUT2D eigenvalue weighted by Crippen LogP contribution is -1.91. The topological polar surface area (TPSA) is 50.4 Å². The number of carbonyl (C=O) groups is 1. The van der Waals surface area contributed by atoms with E-state index in [0.29, 0.717) is 0 Å². The largest absolute Gasteiger partial charge is 0.475 e. The molecule has 0 bridgehead atoms. The minimum absolute atomic E-state index is 0.0270. The first-order valence-electron chi connectivity index (χ1n) is 5.13. The van der Waals surface area contributed by atoms with Gasteiger partial charge in [-0.2, -0.15) is 11.8 Å². The molecule has 0 radical (unpaired) electrons. The highest BCUT2D eigenvalue weighted by Gasteiger charge is 2.08. The molecule has 0 aliphatic rings. The molecule has 0 amide bonds. The second-order valence-corrected chi connectivity index (χ2v) is 4.44. The molecule has 0 unspecified atom stereocenters. The van der Waals surface area contributed by atoms with Gasteiger partial charge in [-0.25, -0.2) is 4.79 Å². The molecule has 1 aromatic heterocycles. The van der Waals surface area contributed by atoms with Gasteiger partial charge in [-0.15, -0.1) is 0 Å². The molecule has 0 aromatic carbocycles. The fourth-order valence-corrected chi connectivity index (χ4v) is 2.11. The van der Waals surface area contributed by atoms with Crippen LogP contribution in [0, 0.1) is 0 Å². The van der Waals surface area contributed by atoms with Crippen molar-refractivity contribution >= 4 is 17.7 Å². The van der Waals surface area contributed by atoms with E-state index >= 15 is 0 Å². The van der Waals surface area contributed by atoms with E-state index in [1.165, 1.54) is 25.3 Å². The minimum Gasteiger partial charge on any atom is -0.475 e. The Bertz CT molecular complexity index is 307. The van der Waals surface area contributed by atoms with Crippen molar-refractivity contribution in [1.29, 1.82) is 0 Å². The van der Waals surface area contributed by atoms with Crippen LogP contribution in [0.5, 0.6) is 0 Å². The van der Waals surface area contributed by atoms with Crippen molar-refractivity contribution in [3.8, 4) is 0 Å². The summed E-state index contributed by atoms with van der Waals surface area (Å²) in [6.07, 6.45) is 3.70. The molecule has 3 nitrogen and oxygen atoms in total. The van der Waals surface area contributed by atoms with Crippen molar-refractivity contribution in [2.75, 3.05) is 5.75 Å². The van der Waals surface area contributed by atoms with Crippen molar-refractivity contribution in [3.63, 3.8) is 0 Å². The van der Waals surface area contributed by atoms with Crippen molar-refractivity contribution in [2.24, 2.45) is 0 Å². The van der Waals surface area contributed by atoms with Crippen LogP contribution in [0.2, 0.25) is 0 Å². The maximum absolute atomic E-state index is 10.5. The number of unbranched alkanes of at least 4 members (excludes halogenated alkanes) is 2. The molecule has 0 atom stereocenters. The predicted molar refractivity (Wildman–Crippen MR) is 61.4 cm³/mol. The van der Waals surface area contributed by atoms with E-state index in [-0.39, 0.29) is 5.76 Å². The van der Waals surface area contributed by atoms with Gasteiger partial charge in [-0.1, -0.05) is 19.8 Å². The van der Waals surface area contributed by atoms with Gasteiger partial charge >= 0.3 is 5.97 Å². The maximum Gasteiger partial charge on any atom is 0.371 e. The van der Waals surface area contributed by atoms with Gasteiger partial charge in [0.25, 0.3) is 0 Å². The van der Waals surface area contributed by atoms with Crippen LogP contribution in [-0.4, -0.2) is 16.8 Å². The fraction of sp³-hybridized carbons (Fsp3) is 0.545. The summed E-state index contributed by atoms with van der Waals surface area (Å²) in [4.78, 5) is 10.5. The Labute approximate surface area is 93.9 Å². The number of rotatable bonds is 7. The standard InChI is InChI=1S/C11H16O3S/c1-2-3-4-7-15-8-9-5-6-10(14-9)11(12)13/h5-6H,2-4,7-8H2,1H3,(H,12,13). The van der Waals surface area contributed by atoms with Gasteiger partial charge in [-0.05, 0) is 24.3 Å². The second kappa shape index (κ2) is 6.56. The van der Waals surface area contributed by atoms with Crippen LogP contribution in [0.15, 0.2) is 16.5 Å². The molecule has 1 rings (SSSR count). The Hall–Kier alpha value is -0.900. The van der Waals surface area contributed by atoms with Crippen LogP contribution in [0.3, 0.4) is 0 Å². The Morgan fingerprint density at radius 2 is 2.27 bits per heavy atom. The van der Waals surface area contributed by atoms with Gasteiger partial charge in [0.1, 0.15) is 5.76 Å². The molecule has 0 aliphatic carbocycles. The molecule has 4 heteroatoms. The van der Waals surface area contributed by atoms with Gasteiger partial charge < -0.3 is 9.52 Å². The number of carboxylic acid groups (broad SMARTS) is 1. The van der Waals surface area contributed by atoms with Crippen LogP contribution >= 0.6 is 11.8 Å². The Morgan fingerprint density at radius 1 is 1.47 bits per heavy atom. The van der Waals surface area contributed by atoms with Crippen molar-refractivity contribution in [3.05, 3.63) is 23.7 Å². The zero-order valence-electron chi connectivity index (χ0n) is 8.86. The summed E-state index contributed by atoms with van der Waals surface area (Å²) < 4.78 is 5.13. The maximum atomic E-state index is 10.5. The van der Waals surface area contributed by atoms with Crippen LogP contribution < -0.4 is 0 Å². The van der Waals surface area contributed by atoms with Crippen molar-refractivity contribution in [1.82, 2.24) is 0 Å². The summed E-state index contributed by atoms with van der Waals surface area (Å²) in [7, 11) is 0. The number of hydrogen-bond acceptors (Lipinski definition) is 3. The van der Waals surface area contributed by atoms with Crippen LogP contribution in [0.4, 0.5) is 0 Å². The second-order valence-electron chi connectivity index (χ2n) is 3.33. The van der Waals surface area contributed by atoms with E-state index in [9.17, 15) is 4.79 Å². The van der Waals surface area contributed by atoms with E-state index < -0.39 is 5.97 Å². The predicted octanol–water partition coefficient (Wildman–Crippen LogP) is 3.40. The third-order valence-corrected chi connectivity index (χ3v) is 3.07. The van der Waals surface area contributed by atoms with Crippen molar-refractivity contribution < 1.29 is 14.3 Å². The highest BCUT2D eigenvalue weighted by molar-refractivity contribution is 7.98. The molecule has 0 fully saturated rings. The lowest BCUT2D eigenvalue weighted by molar-refractivity contribution is 0.0661. The number of thioether (sulfide) groups is 1. The molecule has 1 heterocycles. The van der Waals surface area contributed by atoms with Gasteiger partial charge in [-0.3, -0.25) is 0 Å². The van der Waals surface area contributed by atoms with E-state index in [0.717, 1.165) is 17.3 Å². The minimum atomic E-state index is -1.00. The first-order chi connectivity index (χ1) is 7.24. The molecule has 0 aliphatic heterocycles. The van der Waals surface area contributed by atoms with E-state index in [1.54, 1.807) is 17.8 Å². The lowest BCUT2D eigenvalue weighted by Gasteiger charge is -1.97. The summed E-state index contributed by atoms with van der Waals surface area (Å²) in [6, 6.07) is 3.24. The third-order valence-electron chi connectivity index (χ3n) is 2.01. The van der Waals surface area contributed by atoms with Crippen molar-refractivity contribution in [2.45, 2.75) is 31.9 Å². The normalized spacial score (nSPS) is 10.5. The van der Waals surface area contributed by atoms with Crippen LogP contribution in [0.25, 0.3) is 0 Å². The summed E-state index contributed by atoms with van der Waals surface area (Å²) >= 11 is 1.78. The molecule has 15 heavy (non-hydrogen) atoms. The number of furan rings is 1. The Balaban J connectivity index is 2.23.